The van der Waals surface area contributed by atoms with E-state index in [9.17, 15) is 4.79 Å². The molecule has 2 aromatic heterocycles. The van der Waals surface area contributed by atoms with Crippen LogP contribution in [-0.4, -0.2) is 50.1 Å². The van der Waals surface area contributed by atoms with Crippen molar-refractivity contribution in [2.75, 3.05) is 19.8 Å². The average molecular weight is 331 g/mol. The first-order valence-corrected chi connectivity index (χ1v) is 8.45. The Morgan fingerprint density at radius 2 is 2.21 bits per heavy atom. The second-order valence-electron chi connectivity index (χ2n) is 6.24. The summed E-state index contributed by atoms with van der Waals surface area (Å²) >= 11 is 0. The maximum Gasteiger partial charge on any atom is 0.272 e. The van der Waals surface area contributed by atoms with Gasteiger partial charge in [0.1, 0.15) is 5.69 Å². The van der Waals surface area contributed by atoms with Gasteiger partial charge < -0.3 is 9.64 Å². The summed E-state index contributed by atoms with van der Waals surface area (Å²) in [4.78, 5) is 15.1. The third kappa shape index (κ3) is 2.84. The SMILES string of the molecule is CCCn1nccc1C(=O)N1CCOCC1c1c(C)nn(C)c1C. The third-order valence-corrected chi connectivity index (χ3v) is 4.66. The molecule has 1 fully saturated rings. The Labute approximate surface area is 142 Å². The van der Waals surface area contributed by atoms with Gasteiger partial charge in [-0.15, -0.1) is 0 Å². The number of nitrogens with zero attached hydrogens (tertiary/aromatic N) is 5. The number of carbonyl (C=O) groups is 1. The van der Waals surface area contributed by atoms with Crippen LogP contribution in [0, 0.1) is 13.8 Å². The molecular weight excluding hydrogens is 306 g/mol. The number of ether oxygens (including phenoxy) is 1. The van der Waals surface area contributed by atoms with Gasteiger partial charge in [0.2, 0.25) is 0 Å². The van der Waals surface area contributed by atoms with Gasteiger partial charge in [0.05, 0.1) is 24.9 Å². The van der Waals surface area contributed by atoms with Gasteiger partial charge in [-0.1, -0.05) is 6.92 Å². The van der Waals surface area contributed by atoms with Gasteiger partial charge in [0.15, 0.2) is 0 Å². The molecule has 7 heteroatoms. The van der Waals surface area contributed by atoms with E-state index in [0.29, 0.717) is 25.5 Å². The van der Waals surface area contributed by atoms with E-state index in [4.69, 9.17) is 4.74 Å². The van der Waals surface area contributed by atoms with Gasteiger partial charge in [-0.2, -0.15) is 10.2 Å². The molecule has 2 aromatic rings. The van der Waals surface area contributed by atoms with Gasteiger partial charge in [-0.3, -0.25) is 14.2 Å². The Bertz CT molecular complexity index is 733. The van der Waals surface area contributed by atoms with Crippen molar-refractivity contribution in [3.8, 4) is 0 Å². The molecule has 130 valence electrons. The van der Waals surface area contributed by atoms with Gasteiger partial charge in [-0.25, -0.2) is 0 Å². The fraction of sp³-hybridized carbons (Fsp3) is 0.588. The van der Waals surface area contributed by atoms with Gasteiger partial charge in [-0.05, 0) is 26.3 Å². The molecule has 1 aliphatic heterocycles. The zero-order valence-electron chi connectivity index (χ0n) is 14.8. The van der Waals surface area contributed by atoms with Gasteiger partial charge in [0.25, 0.3) is 5.91 Å². The van der Waals surface area contributed by atoms with Crippen molar-refractivity contribution in [1.82, 2.24) is 24.5 Å². The van der Waals surface area contributed by atoms with E-state index in [1.165, 1.54) is 0 Å². The highest BCUT2D eigenvalue weighted by atomic mass is 16.5. The molecule has 1 atom stereocenters. The van der Waals surface area contributed by atoms with Crippen LogP contribution in [0.3, 0.4) is 0 Å². The molecule has 1 aliphatic rings. The number of rotatable bonds is 4. The first kappa shape index (κ1) is 16.7. The summed E-state index contributed by atoms with van der Waals surface area (Å²) in [7, 11) is 1.93. The second kappa shape index (κ2) is 6.76. The van der Waals surface area contributed by atoms with Gasteiger partial charge in [0, 0.05) is 37.6 Å². The molecule has 0 radical (unpaired) electrons. The standard InChI is InChI=1S/C17H25N5O2/c1-5-8-22-14(6-7-18-22)17(23)21-9-10-24-11-15(21)16-12(2)19-20(4)13(16)3/h6-7,15H,5,8-11H2,1-4H3. The fourth-order valence-electron chi connectivity index (χ4n) is 3.41. The van der Waals surface area contributed by atoms with Crippen LogP contribution in [-0.2, 0) is 18.3 Å². The summed E-state index contributed by atoms with van der Waals surface area (Å²) in [6, 6.07) is 1.69. The Morgan fingerprint density at radius 1 is 1.42 bits per heavy atom. The predicted molar refractivity (Wildman–Crippen MR) is 89.8 cm³/mol. The summed E-state index contributed by atoms with van der Waals surface area (Å²) in [5.74, 6) is 0.0110. The van der Waals surface area contributed by atoms with E-state index in [-0.39, 0.29) is 11.9 Å². The Hall–Kier alpha value is -2.15. The minimum Gasteiger partial charge on any atom is -0.377 e. The minimum atomic E-state index is -0.107. The minimum absolute atomic E-state index is 0.0110. The summed E-state index contributed by atoms with van der Waals surface area (Å²) in [6.07, 6.45) is 2.63. The number of hydrogen-bond donors (Lipinski definition) is 0. The first-order valence-electron chi connectivity index (χ1n) is 8.45. The van der Waals surface area contributed by atoms with Crippen molar-refractivity contribution in [3.05, 3.63) is 34.9 Å². The van der Waals surface area contributed by atoms with E-state index >= 15 is 0 Å². The third-order valence-electron chi connectivity index (χ3n) is 4.66. The number of hydrogen-bond acceptors (Lipinski definition) is 4. The van der Waals surface area contributed by atoms with Crippen LogP contribution in [0.2, 0.25) is 0 Å². The van der Waals surface area contributed by atoms with Crippen LogP contribution >= 0.6 is 0 Å². The van der Waals surface area contributed by atoms with E-state index in [1.54, 1.807) is 16.9 Å². The quantitative estimate of drug-likeness (QED) is 0.858. The molecule has 1 saturated heterocycles. The van der Waals surface area contributed by atoms with E-state index in [1.807, 2.05) is 30.5 Å². The molecule has 0 aromatic carbocycles. The van der Waals surface area contributed by atoms with Gasteiger partial charge >= 0.3 is 0 Å². The van der Waals surface area contributed by atoms with Crippen LogP contribution in [0.15, 0.2) is 12.3 Å². The molecule has 0 spiro atoms. The number of aryl methyl sites for hydroxylation is 3. The van der Waals surface area contributed by atoms with Crippen LogP contribution in [0.4, 0.5) is 0 Å². The molecule has 0 aliphatic carbocycles. The van der Waals surface area contributed by atoms with E-state index in [2.05, 4.69) is 17.1 Å². The lowest BCUT2D eigenvalue weighted by atomic mass is 10.0. The molecule has 24 heavy (non-hydrogen) atoms. The summed E-state index contributed by atoms with van der Waals surface area (Å²) < 4.78 is 9.33. The lowest BCUT2D eigenvalue weighted by Gasteiger charge is -2.36. The predicted octanol–water partition coefficient (Wildman–Crippen LogP) is 1.86. The monoisotopic (exact) mass is 331 g/mol. The zero-order valence-corrected chi connectivity index (χ0v) is 14.8. The second-order valence-corrected chi connectivity index (χ2v) is 6.24. The number of morpholine rings is 1. The summed E-state index contributed by atoms with van der Waals surface area (Å²) in [6.45, 7) is 8.48. The van der Waals surface area contributed by atoms with Crippen molar-refractivity contribution >= 4 is 5.91 Å². The van der Waals surface area contributed by atoms with Crippen molar-refractivity contribution in [3.63, 3.8) is 0 Å². The summed E-state index contributed by atoms with van der Waals surface area (Å²) in [5.41, 5.74) is 3.75. The van der Waals surface area contributed by atoms with E-state index < -0.39 is 0 Å². The maximum atomic E-state index is 13.2. The van der Waals surface area contributed by atoms with Crippen molar-refractivity contribution < 1.29 is 9.53 Å². The van der Waals surface area contributed by atoms with Crippen LogP contribution in [0.25, 0.3) is 0 Å². The molecule has 3 rings (SSSR count). The molecule has 3 heterocycles. The van der Waals surface area contributed by atoms with Crippen molar-refractivity contribution in [2.24, 2.45) is 7.05 Å². The van der Waals surface area contributed by atoms with Crippen molar-refractivity contribution in [2.45, 2.75) is 39.8 Å². The normalized spacial score (nSPS) is 18.2. The Kier molecular flexibility index (Phi) is 4.71. The first-order chi connectivity index (χ1) is 11.5. The highest BCUT2D eigenvalue weighted by Gasteiger charge is 2.34. The number of aromatic nitrogens is 4. The topological polar surface area (TPSA) is 65.2 Å². The van der Waals surface area contributed by atoms with Crippen molar-refractivity contribution in [1.29, 1.82) is 0 Å². The zero-order chi connectivity index (χ0) is 17.3. The van der Waals surface area contributed by atoms with Crippen LogP contribution in [0.1, 0.15) is 46.8 Å². The molecule has 0 saturated carbocycles. The molecule has 0 N–H and O–H groups in total. The molecular formula is C17H25N5O2. The molecule has 1 amide bonds. The largest absolute Gasteiger partial charge is 0.377 e. The highest BCUT2D eigenvalue weighted by molar-refractivity contribution is 5.93. The number of amides is 1. The van der Waals surface area contributed by atoms with Crippen LogP contribution < -0.4 is 0 Å². The Morgan fingerprint density at radius 3 is 2.88 bits per heavy atom. The Balaban J connectivity index is 1.95. The molecule has 7 nitrogen and oxygen atoms in total. The maximum absolute atomic E-state index is 13.2. The average Bonchev–Trinajstić information content (AvgIpc) is 3.12. The lowest BCUT2D eigenvalue weighted by molar-refractivity contribution is -0.00368. The summed E-state index contributed by atoms with van der Waals surface area (Å²) in [5, 5.41) is 8.78. The fourth-order valence-corrected chi connectivity index (χ4v) is 3.41. The molecule has 0 bridgehead atoms. The lowest BCUT2D eigenvalue weighted by Crippen LogP contribution is -2.44. The highest BCUT2D eigenvalue weighted by Crippen LogP contribution is 2.30. The van der Waals surface area contributed by atoms with E-state index in [0.717, 1.165) is 29.9 Å². The smallest absolute Gasteiger partial charge is 0.272 e. The number of carbonyl (C=O) groups excluding carboxylic acids is 1. The van der Waals surface area contributed by atoms with Crippen LogP contribution in [0.5, 0.6) is 0 Å². The molecule has 1 unspecified atom stereocenters.